The molecule has 4 aromatic carbocycles. The van der Waals surface area contributed by atoms with Gasteiger partial charge in [0.15, 0.2) is 16.3 Å². The van der Waals surface area contributed by atoms with Crippen LogP contribution >= 0.6 is 11.3 Å². The lowest BCUT2D eigenvalue weighted by atomic mass is 9.91. The van der Waals surface area contributed by atoms with E-state index in [0.29, 0.717) is 49.1 Å². The normalized spacial score (nSPS) is 14.2. The number of nitriles is 1. The van der Waals surface area contributed by atoms with Crippen LogP contribution in [0.2, 0.25) is 0 Å². The molecule has 0 N–H and O–H groups in total. The number of carbonyl (C=O) groups excluding carboxylic acids is 1. The number of nitrogens with zero attached hydrogens (tertiary/aromatic N) is 3. The summed E-state index contributed by atoms with van der Waals surface area (Å²) in [6.07, 6.45) is 1.76. The molecule has 1 aromatic heterocycles. The summed E-state index contributed by atoms with van der Waals surface area (Å²) in [7, 11) is 1.55. The van der Waals surface area contributed by atoms with Gasteiger partial charge in [-0.05, 0) is 42.2 Å². The van der Waals surface area contributed by atoms with E-state index in [2.05, 4.69) is 19.9 Å². The molecular weight excluding hydrogens is 635 g/mol. The molecule has 0 spiro atoms. The third-order valence-electron chi connectivity index (χ3n) is 8.32. The monoisotopic (exact) mass is 669 g/mol. The van der Waals surface area contributed by atoms with Crippen LogP contribution in [-0.4, -0.2) is 24.3 Å². The maximum absolute atomic E-state index is 14.5. The van der Waals surface area contributed by atoms with Gasteiger partial charge in [0.25, 0.3) is 5.56 Å². The van der Waals surface area contributed by atoms with E-state index in [0.717, 1.165) is 22.3 Å². The van der Waals surface area contributed by atoms with Crippen LogP contribution in [0.5, 0.6) is 11.5 Å². The summed E-state index contributed by atoms with van der Waals surface area (Å²) in [5.41, 5.74) is 4.97. The fourth-order valence-electron chi connectivity index (χ4n) is 5.83. The number of thiazole rings is 1. The zero-order valence-corrected chi connectivity index (χ0v) is 28.5. The highest BCUT2D eigenvalue weighted by Crippen LogP contribution is 2.36. The molecule has 0 amide bonds. The predicted octanol–water partition coefficient (Wildman–Crippen LogP) is 6.52. The Labute approximate surface area is 288 Å². The van der Waals surface area contributed by atoms with Gasteiger partial charge in [0.2, 0.25) is 0 Å². The fourth-order valence-corrected chi connectivity index (χ4v) is 6.82. The van der Waals surface area contributed by atoms with Crippen molar-refractivity contribution in [3.8, 4) is 17.6 Å². The van der Waals surface area contributed by atoms with Crippen LogP contribution in [0.3, 0.4) is 0 Å². The van der Waals surface area contributed by atoms with Gasteiger partial charge in [-0.1, -0.05) is 110 Å². The van der Waals surface area contributed by atoms with E-state index in [4.69, 9.17) is 19.2 Å². The van der Waals surface area contributed by atoms with Gasteiger partial charge in [-0.15, -0.1) is 0 Å². The molecule has 0 radical (unpaired) electrons. The number of rotatable bonds is 10. The van der Waals surface area contributed by atoms with Gasteiger partial charge < -0.3 is 14.2 Å². The van der Waals surface area contributed by atoms with E-state index in [1.807, 2.05) is 78.9 Å². The highest BCUT2D eigenvalue weighted by molar-refractivity contribution is 7.07. The Hall–Kier alpha value is -5.72. The minimum absolute atomic E-state index is 0.127. The molecule has 0 bridgehead atoms. The van der Waals surface area contributed by atoms with E-state index < -0.39 is 12.0 Å². The van der Waals surface area contributed by atoms with Crippen molar-refractivity contribution < 1.29 is 19.0 Å². The molecule has 246 valence electrons. The summed E-state index contributed by atoms with van der Waals surface area (Å²) < 4.78 is 19.5. The van der Waals surface area contributed by atoms with E-state index in [1.165, 1.54) is 11.3 Å². The van der Waals surface area contributed by atoms with E-state index >= 15 is 0 Å². The van der Waals surface area contributed by atoms with Crippen molar-refractivity contribution >= 4 is 29.1 Å². The molecule has 49 heavy (non-hydrogen) atoms. The van der Waals surface area contributed by atoms with E-state index in [9.17, 15) is 14.9 Å². The number of para-hydroxylation sites is 1. The maximum atomic E-state index is 14.5. The second-order valence-electron chi connectivity index (χ2n) is 11.7. The summed E-state index contributed by atoms with van der Waals surface area (Å²) in [5.74, 6) is 0.693. The van der Waals surface area contributed by atoms with Gasteiger partial charge in [0, 0.05) is 16.7 Å². The van der Waals surface area contributed by atoms with Crippen molar-refractivity contribution in [3.63, 3.8) is 0 Å². The van der Waals surface area contributed by atoms with Crippen molar-refractivity contribution in [1.82, 2.24) is 4.57 Å². The lowest BCUT2D eigenvalue weighted by Gasteiger charge is -2.26. The molecule has 1 atom stereocenters. The summed E-state index contributed by atoms with van der Waals surface area (Å²) >= 11 is 1.23. The van der Waals surface area contributed by atoms with Gasteiger partial charge in [0.1, 0.15) is 6.61 Å². The summed E-state index contributed by atoms with van der Waals surface area (Å²) in [6.45, 7) is 6.30. The molecule has 0 saturated carbocycles. The van der Waals surface area contributed by atoms with Gasteiger partial charge in [-0.25, -0.2) is 9.79 Å². The predicted molar refractivity (Wildman–Crippen MR) is 190 cm³/mol. The Kier molecular flexibility index (Phi) is 9.88. The molecular formula is C40H35N3O5S. The van der Waals surface area contributed by atoms with Crippen LogP contribution in [0.15, 0.2) is 112 Å². The summed E-state index contributed by atoms with van der Waals surface area (Å²) in [4.78, 5) is 33.7. The molecule has 8 nitrogen and oxygen atoms in total. The molecule has 5 aromatic rings. The number of carbonyl (C=O) groups is 1. The van der Waals surface area contributed by atoms with Crippen molar-refractivity contribution in [1.29, 1.82) is 5.26 Å². The zero-order valence-electron chi connectivity index (χ0n) is 27.7. The van der Waals surface area contributed by atoms with E-state index in [-0.39, 0.29) is 18.8 Å². The van der Waals surface area contributed by atoms with Crippen LogP contribution in [0.25, 0.3) is 11.8 Å². The van der Waals surface area contributed by atoms with Gasteiger partial charge in [0.05, 0.1) is 47.2 Å². The first kappa shape index (κ1) is 33.2. The molecule has 0 unspecified atom stereocenters. The summed E-state index contributed by atoms with van der Waals surface area (Å²) in [5, 5.41) is 9.58. The second-order valence-corrected chi connectivity index (χ2v) is 12.7. The zero-order chi connectivity index (χ0) is 34.5. The van der Waals surface area contributed by atoms with Gasteiger partial charge in [-0.3, -0.25) is 9.36 Å². The number of ether oxygens (including phenoxy) is 3. The average molecular weight is 670 g/mol. The van der Waals surface area contributed by atoms with Crippen LogP contribution in [0.4, 0.5) is 0 Å². The first-order valence-electron chi connectivity index (χ1n) is 16.0. The van der Waals surface area contributed by atoms with Crippen molar-refractivity contribution in [2.75, 3.05) is 13.7 Å². The SMILES string of the molecule is CCOC(=O)C1=C(c2ccccc2)N=c2s/c(=C\c3cccc(OC)c3OCc3ccccc3C#N)c(=O)n2[C@@H]1c1ccc(C(C)C)cc1. The fraction of sp³-hybridized carbons (Fsp3) is 0.200. The molecule has 2 heterocycles. The Morgan fingerprint density at radius 2 is 1.73 bits per heavy atom. The minimum Gasteiger partial charge on any atom is -0.493 e. The lowest BCUT2D eigenvalue weighted by Crippen LogP contribution is -2.40. The van der Waals surface area contributed by atoms with Crippen LogP contribution in [0, 0.1) is 11.3 Å². The largest absolute Gasteiger partial charge is 0.493 e. The number of esters is 1. The van der Waals surface area contributed by atoms with Crippen molar-refractivity contribution in [3.05, 3.63) is 156 Å². The number of hydrogen-bond acceptors (Lipinski definition) is 8. The summed E-state index contributed by atoms with van der Waals surface area (Å²) in [6, 6.07) is 31.6. The smallest absolute Gasteiger partial charge is 0.338 e. The molecule has 0 saturated heterocycles. The van der Waals surface area contributed by atoms with Crippen molar-refractivity contribution in [2.24, 2.45) is 4.99 Å². The highest BCUT2D eigenvalue weighted by atomic mass is 32.1. The molecule has 0 aliphatic carbocycles. The molecule has 1 aliphatic heterocycles. The standard InChI is InChI=1S/C40H35N3O5S/c1-5-47-39(45)34-35(27-12-7-6-8-13-27)42-40-43(36(34)28-20-18-26(19-21-28)25(2)3)38(44)33(49-40)22-29-16-11-17-32(46-4)37(29)48-24-31-15-10-9-14-30(31)23-41/h6-22,25,36H,5,24H2,1-4H3/b33-22-/t36-/m1/s1. The van der Waals surface area contributed by atoms with Crippen LogP contribution < -0.4 is 24.4 Å². The Bertz CT molecular complexity index is 2260. The minimum atomic E-state index is -0.780. The van der Waals surface area contributed by atoms with Gasteiger partial charge in [-0.2, -0.15) is 5.26 Å². The first-order chi connectivity index (χ1) is 23.8. The number of aromatic nitrogens is 1. The third-order valence-corrected chi connectivity index (χ3v) is 9.30. The Morgan fingerprint density at radius 1 is 1.00 bits per heavy atom. The van der Waals surface area contributed by atoms with Gasteiger partial charge >= 0.3 is 5.97 Å². The average Bonchev–Trinajstić information content (AvgIpc) is 3.44. The topological polar surface area (TPSA) is 103 Å². The number of hydrogen-bond donors (Lipinski definition) is 0. The Morgan fingerprint density at radius 3 is 2.43 bits per heavy atom. The molecule has 6 rings (SSSR count). The van der Waals surface area contributed by atoms with Crippen LogP contribution in [0.1, 0.15) is 66.1 Å². The quantitative estimate of drug-likeness (QED) is 0.157. The van der Waals surface area contributed by atoms with Crippen molar-refractivity contribution in [2.45, 2.75) is 39.3 Å². The number of methoxy groups -OCH3 is 1. The molecule has 0 fully saturated rings. The second kappa shape index (κ2) is 14.6. The first-order valence-corrected chi connectivity index (χ1v) is 16.8. The maximum Gasteiger partial charge on any atom is 0.338 e. The lowest BCUT2D eigenvalue weighted by molar-refractivity contribution is -0.138. The molecule has 1 aliphatic rings. The number of benzene rings is 4. The number of fused-ring (bicyclic) bond motifs is 1. The highest BCUT2D eigenvalue weighted by Gasteiger charge is 2.35. The Balaban J connectivity index is 1.55. The molecule has 9 heteroatoms. The van der Waals surface area contributed by atoms with Crippen LogP contribution in [-0.2, 0) is 16.1 Å². The third kappa shape index (κ3) is 6.69. The van der Waals surface area contributed by atoms with E-state index in [1.54, 1.807) is 42.9 Å².